The molecule has 0 N–H and O–H groups in total. The molecule has 1 heterocycles. The quantitative estimate of drug-likeness (QED) is 0.823. The van der Waals surface area contributed by atoms with Gasteiger partial charge in [0.05, 0.1) is 6.54 Å². The van der Waals surface area contributed by atoms with E-state index in [0.29, 0.717) is 16.3 Å². The van der Waals surface area contributed by atoms with Crippen LogP contribution in [-0.4, -0.2) is 9.55 Å². The Hall–Kier alpha value is -1.68. The number of halogens is 2. The molecule has 1 aromatic carbocycles. The Morgan fingerprint density at radius 2 is 2.18 bits per heavy atom. The monoisotopic (exact) mass is 252 g/mol. The van der Waals surface area contributed by atoms with Gasteiger partial charge in [-0.2, -0.15) is 4.98 Å². The molecule has 0 aliphatic heterocycles. The summed E-state index contributed by atoms with van der Waals surface area (Å²) in [6, 6.07) is 5.95. The van der Waals surface area contributed by atoms with Crippen molar-refractivity contribution in [3.63, 3.8) is 0 Å². The maximum Gasteiger partial charge on any atom is 0.348 e. The maximum atomic E-state index is 13.5. The van der Waals surface area contributed by atoms with Crippen molar-refractivity contribution in [2.24, 2.45) is 0 Å². The van der Waals surface area contributed by atoms with Gasteiger partial charge in [0.25, 0.3) is 0 Å². The summed E-state index contributed by atoms with van der Waals surface area (Å²) in [6.07, 6.45) is 1.59. The number of nitrogens with zero attached hydrogens (tertiary/aromatic N) is 2. The number of hydrogen-bond acceptors (Lipinski definition) is 2. The molecule has 3 nitrogen and oxygen atoms in total. The van der Waals surface area contributed by atoms with Gasteiger partial charge in [0, 0.05) is 22.5 Å². The van der Waals surface area contributed by atoms with E-state index in [-0.39, 0.29) is 12.4 Å². The van der Waals surface area contributed by atoms with Gasteiger partial charge in [-0.1, -0.05) is 11.6 Å². The Balaban J connectivity index is 2.38. The van der Waals surface area contributed by atoms with Gasteiger partial charge in [0.1, 0.15) is 5.82 Å². The molecule has 0 aliphatic carbocycles. The summed E-state index contributed by atoms with van der Waals surface area (Å²) in [4.78, 5) is 15.3. The molecule has 0 saturated carbocycles. The lowest BCUT2D eigenvalue weighted by Crippen LogP contribution is -2.23. The standard InChI is InChI=1S/C12H10ClFN2O/c1-8-4-5-16(12(17)15-8)7-9-6-10(13)2-3-11(9)14/h2-6H,7H2,1H3. The Kier molecular flexibility index (Phi) is 3.24. The van der Waals surface area contributed by atoms with Gasteiger partial charge in [-0.15, -0.1) is 0 Å². The van der Waals surface area contributed by atoms with Gasteiger partial charge in [-0.3, -0.25) is 4.57 Å². The van der Waals surface area contributed by atoms with Crippen LogP contribution in [-0.2, 0) is 6.54 Å². The molecule has 0 atom stereocenters. The molecule has 88 valence electrons. The lowest BCUT2D eigenvalue weighted by molar-refractivity contribution is 0.593. The second-order valence-electron chi connectivity index (χ2n) is 3.72. The smallest absolute Gasteiger partial charge is 0.295 e. The van der Waals surface area contributed by atoms with Crippen molar-refractivity contribution in [1.82, 2.24) is 9.55 Å². The van der Waals surface area contributed by atoms with E-state index in [9.17, 15) is 9.18 Å². The lowest BCUT2D eigenvalue weighted by atomic mass is 10.2. The van der Waals surface area contributed by atoms with E-state index in [1.54, 1.807) is 19.2 Å². The number of rotatable bonds is 2. The van der Waals surface area contributed by atoms with Crippen molar-refractivity contribution < 1.29 is 4.39 Å². The first-order valence-electron chi connectivity index (χ1n) is 5.04. The summed E-state index contributed by atoms with van der Waals surface area (Å²) < 4.78 is 14.8. The molecule has 0 unspecified atom stereocenters. The van der Waals surface area contributed by atoms with Crippen molar-refractivity contribution in [3.8, 4) is 0 Å². The van der Waals surface area contributed by atoms with Crippen LogP contribution >= 0.6 is 11.6 Å². The Labute approximate surface area is 102 Å². The van der Waals surface area contributed by atoms with E-state index in [2.05, 4.69) is 4.98 Å². The summed E-state index contributed by atoms with van der Waals surface area (Å²) in [5.41, 5.74) is 0.604. The first-order chi connectivity index (χ1) is 8.06. The minimum Gasteiger partial charge on any atom is -0.295 e. The highest BCUT2D eigenvalue weighted by molar-refractivity contribution is 6.30. The zero-order valence-electron chi connectivity index (χ0n) is 9.15. The summed E-state index contributed by atoms with van der Waals surface area (Å²) in [6.45, 7) is 1.85. The van der Waals surface area contributed by atoms with Crippen LogP contribution in [0.2, 0.25) is 5.02 Å². The molecule has 2 aromatic rings. The molecule has 0 amide bonds. The van der Waals surface area contributed by atoms with Crippen LogP contribution in [0.25, 0.3) is 0 Å². The molecule has 17 heavy (non-hydrogen) atoms. The largest absolute Gasteiger partial charge is 0.348 e. The second kappa shape index (κ2) is 4.67. The van der Waals surface area contributed by atoms with Gasteiger partial charge in [-0.05, 0) is 31.2 Å². The summed E-state index contributed by atoms with van der Waals surface area (Å²) >= 11 is 5.78. The summed E-state index contributed by atoms with van der Waals surface area (Å²) in [7, 11) is 0. The van der Waals surface area contributed by atoms with Crippen molar-refractivity contribution in [2.75, 3.05) is 0 Å². The van der Waals surface area contributed by atoms with Crippen LogP contribution in [0.1, 0.15) is 11.3 Å². The predicted octanol–water partition coefficient (Wildman–Crippen LogP) is 2.39. The molecular weight excluding hydrogens is 243 g/mol. The molecule has 1 aromatic heterocycles. The highest BCUT2D eigenvalue weighted by Gasteiger charge is 2.05. The van der Waals surface area contributed by atoms with Crippen LogP contribution < -0.4 is 5.69 Å². The zero-order chi connectivity index (χ0) is 12.4. The number of aromatic nitrogens is 2. The first kappa shape index (κ1) is 11.8. The number of benzene rings is 1. The third-order valence-electron chi connectivity index (χ3n) is 2.36. The average molecular weight is 253 g/mol. The van der Waals surface area contributed by atoms with Gasteiger partial charge in [0.15, 0.2) is 0 Å². The fourth-order valence-corrected chi connectivity index (χ4v) is 1.68. The number of aryl methyl sites for hydroxylation is 1. The second-order valence-corrected chi connectivity index (χ2v) is 4.15. The van der Waals surface area contributed by atoms with E-state index in [0.717, 1.165) is 0 Å². The normalized spacial score (nSPS) is 10.5. The SMILES string of the molecule is Cc1ccn(Cc2cc(Cl)ccc2F)c(=O)n1. The van der Waals surface area contributed by atoms with Crippen molar-refractivity contribution in [1.29, 1.82) is 0 Å². The van der Waals surface area contributed by atoms with E-state index in [1.807, 2.05) is 0 Å². The molecule has 0 fully saturated rings. The topological polar surface area (TPSA) is 34.9 Å². The highest BCUT2D eigenvalue weighted by atomic mass is 35.5. The third-order valence-corrected chi connectivity index (χ3v) is 2.60. The maximum absolute atomic E-state index is 13.5. The van der Waals surface area contributed by atoms with Gasteiger partial charge >= 0.3 is 5.69 Å². The Morgan fingerprint density at radius 3 is 2.88 bits per heavy atom. The minimum atomic E-state index is -0.399. The zero-order valence-corrected chi connectivity index (χ0v) is 9.91. The van der Waals surface area contributed by atoms with Crippen molar-refractivity contribution in [2.45, 2.75) is 13.5 Å². The van der Waals surface area contributed by atoms with Crippen LogP contribution in [0.3, 0.4) is 0 Å². The predicted molar refractivity (Wildman–Crippen MR) is 63.7 cm³/mol. The molecule has 0 saturated heterocycles. The van der Waals surface area contributed by atoms with Crippen LogP contribution in [0.5, 0.6) is 0 Å². The van der Waals surface area contributed by atoms with Gasteiger partial charge in [-0.25, -0.2) is 9.18 Å². The van der Waals surface area contributed by atoms with E-state index in [1.165, 1.54) is 22.8 Å². The molecule has 5 heteroatoms. The lowest BCUT2D eigenvalue weighted by Gasteiger charge is -2.06. The van der Waals surface area contributed by atoms with Crippen molar-refractivity contribution in [3.05, 3.63) is 63.0 Å². The summed E-state index contributed by atoms with van der Waals surface area (Å²) in [5, 5.41) is 0.439. The fourth-order valence-electron chi connectivity index (χ4n) is 1.48. The fraction of sp³-hybridized carbons (Fsp3) is 0.167. The molecular formula is C12H10ClFN2O. The highest BCUT2D eigenvalue weighted by Crippen LogP contribution is 2.15. The summed E-state index contributed by atoms with van der Waals surface area (Å²) in [5.74, 6) is -0.387. The Morgan fingerprint density at radius 1 is 1.41 bits per heavy atom. The van der Waals surface area contributed by atoms with E-state index in [4.69, 9.17) is 11.6 Å². The van der Waals surface area contributed by atoms with Gasteiger partial charge in [0.2, 0.25) is 0 Å². The van der Waals surface area contributed by atoms with E-state index < -0.39 is 5.69 Å². The van der Waals surface area contributed by atoms with Crippen LogP contribution in [0, 0.1) is 12.7 Å². The van der Waals surface area contributed by atoms with E-state index >= 15 is 0 Å². The number of hydrogen-bond donors (Lipinski definition) is 0. The minimum absolute atomic E-state index is 0.124. The first-order valence-corrected chi connectivity index (χ1v) is 5.42. The molecule has 2 rings (SSSR count). The van der Waals surface area contributed by atoms with Crippen LogP contribution in [0.15, 0.2) is 35.3 Å². The molecule has 0 bridgehead atoms. The Bertz CT molecular complexity index is 610. The molecule has 0 spiro atoms. The van der Waals surface area contributed by atoms with Gasteiger partial charge < -0.3 is 0 Å². The molecule has 0 radical (unpaired) electrons. The van der Waals surface area contributed by atoms with Crippen LogP contribution in [0.4, 0.5) is 4.39 Å². The van der Waals surface area contributed by atoms with Crippen molar-refractivity contribution >= 4 is 11.6 Å². The molecule has 0 aliphatic rings. The average Bonchev–Trinajstić information content (AvgIpc) is 2.27. The third kappa shape index (κ3) is 2.71.